The van der Waals surface area contributed by atoms with Gasteiger partial charge in [-0.15, -0.1) is 0 Å². The van der Waals surface area contributed by atoms with Gasteiger partial charge >= 0.3 is 12.1 Å². The first-order valence-electron chi connectivity index (χ1n) is 8.32. The zero-order chi connectivity index (χ0) is 19.6. The van der Waals surface area contributed by atoms with E-state index in [-0.39, 0.29) is 5.91 Å². The molecule has 1 aromatic heterocycles. The second-order valence-corrected chi connectivity index (χ2v) is 6.05. The molecule has 2 rings (SSSR count). The maximum absolute atomic E-state index is 11.7. The Kier molecular flexibility index (Phi) is 9.03. The summed E-state index contributed by atoms with van der Waals surface area (Å²) < 4.78 is 33.5. The van der Waals surface area contributed by atoms with Gasteiger partial charge in [-0.3, -0.25) is 9.48 Å². The lowest BCUT2D eigenvalue weighted by Gasteiger charge is -2.30. The average molecular weight is 379 g/mol. The Balaban J connectivity index is 0.000000412. The second kappa shape index (κ2) is 10.7. The zero-order valence-corrected chi connectivity index (χ0v) is 14.5. The van der Waals surface area contributed by atoms with Crippen molar-refractivity contribution in [2.24, 2.45) is 5.92 Å². The van der Waals surface area contributed by atoms with Crippen molar-refractivity contribution in [3.05, 3.63) is 12.7 Å². The first kappa shape index (κ1) is 21.9. The minimum absolute atomic E-state index is 0.125. The number of hydrogen-bond acceptors (Lipinski definition) is 5. The number of carbonyl (C=O) groups is 2. The summed E-state index contributed by atoms with van der Waals surface area (Å²) in [7, 11) is 0. The van der Waals surface area contributed by atoms with Gasteiger partial charge in [0.05, 0.1) is 0 Å². The highest BCUT2D eigenvalue weighted by Gasteiger charge is 2.38. The predicted octanol–water partition coefficient (Wildman–Crippen LogP) is 1.20. The van der Waals surface area contributed by atoms with E-state index in [1.807, 2.05) is 0 Å². The summed E-state index contributed by atoms with van der Waals surface area (Å²) in [4.78, 5) is 24.5. The molecule has 1 aromatic rings. The Morgan fingerprint density at radius 2 is 2.12 bits per heavy atom. The van der Waals surface area contributed by atoms with Crippen LogP contribution in [0.3, 0.4) is 0 Å². The number of rotatable bonds is 6. The van der Waals surface area contributed by atoms with E-state index in [2.05, 4.69) is 27.6 Å². The number of piperidine rings is 1. The molecule has 3 N–H and O–H groups in total. The van der Waals surface area contributed by atoms with E-state index < -0.39 is 12.1 Å². The van der Waals surface area contributed by atoms with Crippen LogP contribution >= 0.6 is 0 Å². The van der Waals surface area contributed by atoms with Crippen molar-refractivity contribution in [2.75, 3.05) is 13.1 Å². The van der Waals surface area contributed by atoms with Crippen LogP contribution < -0.4 is 10.6 Å². The number of nitrogens with one attached hydrogen (secondary N) is 2. The van der Waals surface area contributed by atoms with E-state index >= 15 is 0 Å². The summed E-state index contributed by atoms with van der Waals surface area (Å²) in [6, 6.07) is 0.424. The molecule has 1 aliphatic heterocycles. The molecule has 26 heavy (non-hydrogen) atoms. The van der Waals surface area contributed by atoms with Crippen LogP contribution in [0.2, 0.25) is 0 Å². The van der Waals surface area contributed by atoms with Crippen LogP contribution in [0.5, 0.6) is 0 Å². The number of nitrogens with zero attached hydrogens (tertiary/aromatic N) is 3. The Morgan fingerprint density at radius 3 is 2.65 bits per heavy atom. The van der Waals surface area contributed by atoms with Crippen molar-refractivity contribution in [2.45, 2.75) is 51.4 Å². The van der Waals surface area contributed by atoms with Crippen molar-refractivity contribution >= 4 is 11.9 Å². The van der Waals surface area contributed by atoms with Crippen LogP contribution in [0.25, 0.3) is 0 Å². The number of carboxylic acid groups (broad SMARTS) is 1. The molecule has 2 heterocycles. The van der Waals surface area contributed by atoms with Gasteiger partial charge in [0.15, 0.2) is 0 Å². The Morgan fingerprint density at radius 1 is 1.42 bits per heavy atom. The zero-order valence-electron chi connectivity index (χ0n) is 14.5. The third-order valence-corrected chi connectivity index (χ3v) is 3.95. The highest BCUT2D eigenvalue weighted by atomic mass is 19.4. The van der Waals surface area contributed by atoms with E-state index in [1.54, 1.807) is 11.0 Å². The number of halogens is 3. The number of carboxylic acids is 1. The number of hydrogen-bond donors (Lipinski definition) is 3. The molecule has 0 radical (unpaired) electrons. The lowest BCUT2D eigenvalue weighted by Crippen LogP contribution is -2.47. The predicted molar refractivity (Wildman–Crippen MR) is 86.1 cm³/mol. The van der Waals surface area contributed by atoms with E-state index in [0.717, 1.165) is 26.1 Å². The normalized spacial score (nSPS) is 20.0. The lowest BCUT2D eigenvalue weighted by molar-refractivity contribution is -0.192. The molecule has 148 valence electrons. The van der Waals surface area contributed by atoms with Gasteiger partial charge in [0.2, 0.25) is 5.91 Å². The number of aryl methyl sites for hydroxylation is 1. The molecule has 0 saturated carbocycles. The van der Waals surface area contributed by atoms with Crippen LogP contribution in [0.1, 0.15) is 32.6 Å². The van der Waals surface area contributed by atoms with Gasteiger partial charge < -0.3 is 15.7 Å². The fourth-order valence-electron chi connectivity index (χ4n) is 2.45. The molecule has 0 spiro atoms. The number of alkyl halides is 3. The number of aliphatic carboxylic acids is 1. The molecule has 2 atom stereocenters. The first-order chi connectivity index (χ1) is 12.2. The molecular formula is C15H24F3N5O3. The van der Waals surface area contributed by atoms with Crippen LogP contribution in [0.15, 0.2) is 12.7 Å². The monoisotopic (exact) mass is 379 g/mol. The van der Waals surface area contributed by atoms with Crippen LogP contribution in [0.4, 0.5) is 13.2 Å². The molecule has 8 nitrogen and oxygen atoms in total. The highest BCUT2D eigenvalue weighted by molar-refractivity contribution is 5.75. The molecule has 1 amide bonds. The van der Waals surface area contributed by atoms with Gasteiger partial charge in [-0.1, -0.05) is 6.92 Å². The maximum Gasteiger partial charge on any atom is 0.490 e. The number of aromatic nitrogens is 3. The quantitative estimate of drug-likeness (QED) is 0.685. The van der Waals surface area contributed by atoms with Gasteiger partial charge in [-0.2, -0.15) is 18.3 Å². The number of carbonyl (C=O) groups excluding carboxylic acids is 1. The second-order valence-electron chi connectivity index (χ2n) is 6.05. The van der Waals surface area contributed by atoms with Crippen molar-refractivity contribution in [1.29, 1.82) is 0 Å². The van der Waals surface area contributed by atoms with Crippen molar-refractivity contribution in [1.82, 2.24) is 25.4 Å². The van der Waals surface area contributed by atoms with E-state index in [0.29, 0.717) is 18.4 Å². The van der Waals surface area contributed by atoms with E-state index in [9.17, 15) is 18.0 Å². The molecule has 2 unspecified atom stereocenters. The largest absolute Gasteiger partial charge is 0.490 e. The SMILES string of the molecule is CC1CCCNC1CNC(=O)CCCn1cncn1.O=C(O)C(F)(F)F. The van der Waals surface area contributed by atoms with E-state index in [1.165, 1.54) is 19.2 Å². The van der Waals surface area contributed by atoms with Gasteiger partial charge in [0.25, 0.3) is 0 Å². The van der Waals surface area contributed by atoms with Gasteiger partial charge in [-0.05, 0) is 31.7 Å². The third-order valence-electron chi connectivity index (χ3n) is 3.95. The molecule has 1 fully saturated rings. The lowest BCUT2D eigenvalue weighted by atomic mass is 9.93. The maximum atomic E-state index is 11.7. The molecule has 11 heteroatoms. The molecule has 1 aliphatic rings. The Bertz CT molecular complexity index is 551. The summed E-state index contributed by atoms with van der Waals surface area (Å²) in [6.07, 6.45) is 1.93. The average Bonchev–Trinajstić information content (AvgIpc) is 3.07. The topological polar surface area (TPSA) is 109 Å². The molecule has 0 aromatic carbocycles. The minimum Gasteiger partial charge on any atom is -0.475 e. The first-order valence-corrected chi connectivity index (χ1v) is 8.32. The molecule has 0 bridgehead atoms. The summed E-state index contributed by atoms with van der Waals surface area (Å²) in [5, 5.41) is 17.6. The van der Waals surface area contributed by atoms with Crippen molar-refractivity contribution in [3.63, 3.8) is 0 Å². The summed E-state index contributed by atoms with van der Waals surface area (Å²) in [5.74, 6) is -1.99. The van der Waals surface area contributed by atoms with E-state index in [4.69, 9.17) is 9.90 Å². The Labute approximate surface area is 149 Å². The van der Waals surface area contributed by atoms with Gasteiger partial charge in [0, 0.05) is 25.6 Å². The van der Waals surface area contributed by atoms with Crippen LogP contribution in [0, 0.1) is 5.92 Å². The summed E-state index contributed by atoms with van der Waals surface area (Å²) in [6.45, 7) is 4.79. The standard InChI is InChI=1S/C13H23N5O.C2HF3O2/c1-11-4-2-6-15-12(11)8-16-13(19)5-3-7-18-10-14-9-17-18;3-2(4,5)1(6)7/h9-12,15H,2-8H2,1H3,(H,16,19);(H,6,7). The molecule has 0 aliphatic carbocycles. The highest BCUT2D eigenvalue weighted by Crippen LogP contribution is 2.14. The van der Waals surface area contributed by atoms with Gasteiger partial charge in [0.1, 0.15) is 12.7 Å². The smallest absolute Gasteiger partial charge is 0.475 e. The fourth-order valence-corrected chi connectivity index (χ4v) is 2.45. The summed E-state index contributed by atoms with van der Waals surface area (Å²) in [5.41, 5.74) is 0. The third kappa shape index (κ3) is 8.79. The minimum atomic E-state index is -5.08. The van der Waals surface area contributed by atoms with Gasteiger partial charge in [-0.25, -0.2) is 9.78 Å². The summed E-state index contributed by atoms with van der Waals surface area (Å²) >= 11 is 0. The van der Waals surface area contributed by atoms with Crippen molar-refractivity contribution in [3.8, 4) is 0 Å². The Hall–Kier alpha value is -2.17. The molecular weight excluding hydrogens is 355 g/mol. The van der Waals surface area contributed by atoms with Crippen LogP contribution in [-0.4, -0.2) is 57.1 Å². The van der Waals surface area contributed by atoms with Crippen LogP contribution in [-0.2, 0) is 16.1 Å². The molecule has 1 saturated heterocycles. The fraction of sp³-hybridized carbons (Fsp3) is 0.733. The number of amides is 1. The van der Waals surface area contributed by atoms with Crippen molar-refractivity contribution < 1.29 is 27.9 Å².